The Morgan fingerprint density at radius 1 is 1.11 bits per heavy atom. The molecule has 0 bridgehead atoms. The van der Waals surface area contributed by atoms with Crippen molar-refractivity contribution in [2.75, 3.05) is 45.1 Å². The fourth-order valence-corrected chi connectivity index (χ4v) is 4.33. The fraction of sp³-hybridized carbons (Fsp3) is 0.333. The molecule has 1 saturated heterocycles. The zero-order chi connectivity index (χ0) is 18.8. The normalized spacial score (nSPS) is 15.9. The highest BCUT2D eigenvalue weighted by Crippen LogP contribution is 2.31. The number of rotatable bonds is 4. The zero-order valence-electron chi connectivity index (χ0n) is 15.7. The Kier molecular flexibility index (Phi) is 5.20. The summed E-state index contributed by atoms with van der Waals surface area (Å²) >= 11 is 1.70. The summed E-state index contributed by atoms with van der Waals surface area (Å²) in [5.74, 6) is 0.0442. The monoisotopic (exact) mass is 380 g/mol. The Labute approximate surface area is 163 Å². The summed E-state index contributed by atoms with van der Waals surface area (Å²) in [5.41, 5.74) is 4.18. The first-order valence-electron chi connectivity index (χ1n) is 9.25. The molecule has 1 fully saturated rings. The summed E-state index contributed by atoms with van der Waals surface area (Å²) in [6.45, 7) is 6.47. The minimum absolute atomic E-state index is 0.0442. The number of carbonyl (C=O) groups excluding carboxylic acids is 1. The van der Waals surface area contributed by atoms with E-state index in [1.165, 1.54) is 10.3 Å². The second-order valence-electron chi connectivity index (χ2n) is 7.20. The molecular weight excluding hydrogens is 356 g/mol. The van der Waals surface area contributed by atoms with E-state index in [0.717, 1.165) is 48.0 Å². The van der Waals surface area contributed by atoms with Gasteiger partial charge in [-0.25, -0.2) is 4.98 Å². The molecule has 3 aromatic rings. The van der Waals surface area contributed by atoms with E-state index in [1.807, 2.05) is 24.3 Å². The van der Waals surface area contributed by atoms with Gasteiger partial charge in [0.1, 0.15) is 5.01 Å². The Morgan fingerprint density at radius 3 is 2.59 bits per heavy atom. The number of hydrogen-bond acceptors (Lipinski definition) is 5. The minimum atomic E-state index is 0.0442. The van der Waals surface area contributed by atoms with E-state index in [4.69, 9.17) is 4.98 Å². The van der Waals surface area contributed by atoms with Gasteiger partial charge in [-0.15, -0.1) is 11.3 Å². The first-order chi connectivity index (χ1) is 13.1. The third-order valence-corrected chi connectivity index (χ3v) is 5.99. The van der Waals surface area contributed by atoms with Crippen molar-refractivity contribution in [3.05, 3.63) is 48.0 Å². The molecule has 0 spiro atoms. The molecule has 27 heavy (non-hydrogen) atoms. The maximum atomic E-state index is 12.3. The fourth-order valence-electron chi connectivity index (χ4n) is 3.26. The van der Waals surface area contributed by atoms with Gasteiger partial charge in [0, 0.05) is 37.4 Å². The van der Waals surface area contributed by atoms with E-state index in [2.05, 4.69) is 47.3 Å². The molecule has 1 aromatic heterocycles. The van der Waals surface area contributed by atoms with Crippen LogP contribution < -0.4 is 5.32 Å². The average Bonchev–Trinajstić information content (AvgIpc) is 3.07. The summed E-state index contributed by atoms with van der Waals surface area (Å²) in [7, 11) is 2.12. The molecule has 1 aliphatic heterocycles. The summed E-state index contributed by atoms with van der Waals surface area (Å²) < 4.78 is 1.20. The van der Waals surface area contributed by atoms with Crippen molar-refractivity contribution in [3.63, 3.8) is 0 Å². The SMILES string of the molecule is Cc1ccc2nc(-c3ccc(NC(=O)CN4CCN(C)CC4)cc3)sc2c1. The third kappa shape index (κ3) is 4.35. The van der Waals surface area contributed by atoms with Crippen LogP contribution in [0.2, 0.25) is 0 Å². The second-order valence-corrected chi connectivity index (χ2v) is 8.23. The summed E-state index contributed by atoms with van der Waals surface area (Å²) in [4.78, 5) is 21.5. The van der Waals surface area contributed by atoms with Crippen molar-refractivity contribution in [1.29, 1.82) is 0 Å². The Hall–Kier alpha value is -2.28. The first kappa shape index (κ1) is 18.1. The molecule has 140 valence electrons. The van der Waals surface area contributed by atoms with Crippen molar-refractivity contribution in [3.8, 4) is 10.6 Å². The van der Waals surface area contributed by atoms with E-state index >= 15 is 0 Å². The van der Waals surface area contributed by atoms with Crippen LogP contribution in [0.4, 0.5) is 5.69 Å². The molecule has 1 amide bonds. The van der Waals surface area contributed by atoms with Crippen LogP contribution in [0.3, 0.4) is 0 Å². The van der Waals surface area contributed by atoms with Gasteiger partial charge < -0.3 is 10.2 Å². The highest BCUT2D eigenvalue weighted by molar-refractivity contribution is 7.21. The summed E-state index contributed by atoms with van der Waals surface area (Å²) in [5, 5.41) is 4.01. The number of piperazine rings is 1. The number of anilines is 1. The highest BCUT2D eigenvalue weighted by Gasteiger charge is 2.16. The van der Waals surface area contributed by atoms with Gasteiger partial charge in [-0.2, -0.15) is 0 Å². The predicted octanol–water partition coefficient (Wildman–Crippen LogP) is 3.46. The third-order valence-electron chi connectivity index (χ3n) is 4.92. The minimum Gasteiger partial charge on any atom is -0.325 e. The maximum Gasteiger partial charge on any atom is 0.238 e. The van der Waals surface area contributed by atoms with Gasteiger partial charge in [0.25, 0.3) is 0 Å². The van der Waals surface area contributed by atoms with Crippen LogP contribution in [0.15, 0.2) is 42.5 Å². The number of nitrogens with one attached hydrogen (secondary N) is 1. The molecule has 0 unspecified atom stereocenters. The first-order valence-corrected chi connectivity index (χ1v) is 10.1. The number of amides is 1. The standard InChI is InChI=1S/C21H24N4OS/c1-15-3-8-18-19(13-15)27-21(23-18)16-4-6-17(7-5-16)22-20(26)14-25-11-9-24(2)10-12-25/h3-8,13H,9-12,14H2,1-2H3,(H,22,26). The van der Waals surface area contributed by atoms with Gasteiger partial charge in [-0.05, 0) is 55.9 Å². The Balaban J connectivity index is 1.40. The van der Waals surface area contributed by atoms with Gasteiger partial charge in [0.2, 0.25) is 5.91 Å². The van der Waals surface area contributed by atoms with Crippen LogP contribution in [0, 0.1) is 6.92 Å². The van der Waals surface area contributed by atoms with Gasteiger partial charge in [-0.3, -0.25) is 9.69 Å². The molecular formula is C21H24N4OS. The predicted molar refractivity (Wildman–Crippen MR) is 112 cm³/mol. The largest absolute Gasteiger partial charge is 0.325 e. The summed E-state index contributed by atoms with van der Waals surface area (Å²) in [6, 6.07) is 14.3. The number of hydrogen-bond donors (Lipinski definition) is 1. The molecule has 1 aliphatic rings. The molecule has 0 aliphatic carbocycles. The van der Waals surface area contributed by atoms with Crippen LogP contribution in [-0.4, -0.2) is 60.5 Å². The molecule has 0 saturated carbocycles. The molecule has 6 heteroatoms. The molecule has 5 nitrogen and oxygen atoms in total. The van der Waals surface area contributed by atoms with Crippen molar-refractivity contribution < 1.29 is 4.79 Å². The number of likely N-dealkylation sites (N-methyl/N-ethyl adjacent to an activating group) is 1. The van der Waals surface area contributed by atoms with Crippen LogP contribution in [0.5, 0.6) is 0 Å². The molecule has 4 rings (SSSR count). The lowest BCUT2D eigenvalue weighted by Crippen LogP contribution is -2.47. The summed E-state index contributed by atoms with van der Waals surface area (Å²) in [6.07, 6.45) is 0. The van der Waals surface area contributed by atoms with Gasteiger partial charge in [-0.1, -0.05) is 6.07 Å². The van der Waals surface area contributed by atoms with E-state index in [0.29, 0.717) is 6.54 Å². The van der Waals surface area contributed by atoms with Crippen LogP contribution in [-0.2, 0) is 4.79 Å². The number of thiazole rings is 1. The van der Waals surface area contributed by atoms with Crippen LogP contribution in [0.1, 0.15) is 5.56 Å². The number of aryl methyl sites for hydroxylation is 1. The van der Waals surface area contributed by atoms with E-state index < -0.39 is 0 Å². The van der Waals surface area contributed by atoms with Gasteiger partial charge in [0.05, 0.1) is 16.8 Å². The quantitative estimate of drug-likeness (QED) is 0.753. The van der Waals surface area contributed by atoms with Crippen LogP contribution in [0.25, 0.3) is 20.8 Å². The van der Waals surface area contributed by atoms with Crippen molar-refractivity contribution in [2.24, 2.45) is 0 Å². The van der Waals surface area contributed by atoms with Crippen molar-refractivity contribution >= 4 is 33.1 Å². The van der Waals surface area contributed by atoms with Gasteiger partial charge in [0.15, 0.2) is 0 Å². The lowest BCUT2D eigenvalue weighted by molar-refractivity contribution is -0.117. The maximum absolute atomic E-state index is 12.3. The van der Waals surface area contributed by atoms with Crippen LogP contribution >= 0.6 is 11.3 Å². The van der Waals surface area contributed by atoms with Crippen molar-refractivity contribution in [2.45, 2.75) is 6.92 Å². The smallest absolute Gasteiger partial charge is 0.238 e. The second kappa shape index (κ2) is 7.76. The number of aromatic nitrogens is 1. The molecule has 2 heterocycles. The Bertz CT molecular complexity index is 942. The topological polar surface area (TPSA) is 48.5 Å². The van der Waals surface area contributed by atoms with E-state index in [9.17, 15) is 4.79 Å². The van der Waals surface area contributed by atoms with E-state index in [1.54, 1.807) is 11.3 Å². The number of benzene rings is 2. The number of carbonyl (C=O) groups is 1. The lowest BCUT2D eigenvalue weighted by Gasteiger charge is -2.31. The molecule has 0 radical (unpaired) electrons. The Morgan fingerprint density at radius 2 is 1.85 bits per heavy atom. The highest BCUT2D eigenvalue weighted by atomic mass is 32.1. The number of nitrogens with zero attached hydrogens (tertiary/aromatic N) is 3. The average molecular weight is 381 g/mol. The molecule has 2 aromatic carbocycles. The molecule has 1 N–H and O–H groups in total. The zero-order valence-corrected chi connectivity index (χ0v) is 16.6. The number of fused-ring (bicyclic) bond motifs is 1. The van der Waals surface area contributed by atoms with Gasteiger partial charge >= 0.3 is 0 Å². The van der Waals surface area contributed by atoms with E-state index in [-0.39, 0.29) is 5.91 Å². The van der Waals surface area contributed by atoms with Crippen molar-refractivity contribution in [1.82, 2.24) is 14.8 Å². The lowest BCUT2D eigenvalue weighted by atomic mass is 10.2. The molecule has 0 atom stereocenters.